The van der Waals surface area contributed by atoms with Crippen LogP contribution in [0.5, 0.6) is 0 Å². The number of carbonyl (C=O) groups is 1. The normalized spacial score (nSPS) is 13.0. The second kappa shape index (κ2) is 13.3. The number of nitrogens with two attached hydrogens (primary N) is 1. The molecule has 34 heavy (non-hydrogen) atoms. The molecular weight excluding hydrogens is 464 g/mol. The minimum Gasteiger partial charge on any atom is -0.465 e. The standard InChI is InChI=1S/C21H28N6O4.O2S/c1-3-31-18(28)14-26(21-19(27(29)30)20(22)23-15(2)24-21)13-17-8-6-7-16(11-17)12-25-9-4-5-10-25;1-3-2/h6-8,11H,3-5,9-10,12-14H2,1-2H3,(H2,22,23,24);. The van der Waals surface area contributed by atoms with Crippen LogP contribution in [0, 0.1) is 17.0 Å². The number of hydrogen-bond acceptors (Lipinski definition) is 11. The van der Waals surface area contributed by atoms with Gasteiger partial charge in [0.2, 0.25) is 11.6 Å². The minimum atomic E-state index is -0.750. The highest BCUT2D eigenvalue weighted by atomic mass is 32.1. The Hall–Kier alpha value is -3.45. The highest BCUT2D eigenvalue weighted by Gasteiger charge is 2.28. The lowest BCUT2D eigenvalue weighted by atomic mass is 10.1. The van der Waals surface area contributed by atoms with Crippen molar-refractivity contribution in [3.8, 4) is 0 Å². The Balaban J connectivity index is 0.00000129. The first-order valence-electron chi connectivity index (χ1n) is 10.7. The first-order valence-corrected chi connectivity index (χ1v) is 11.4. The first kappa shape index (κ1) is 26.8. The summed E-state index contributed by atoms with van der Waals surface area (Å²) in [7, 11) is 0. The largest absolute Gasteiger partial charge is 0.465 e. The fourth-order valence-electron chi connectivity index (χ4n) is 3.78. The maximum Gasteiger partial charge on any atom is 0.353 e. The zero-order chi connectivity index (χ0) is 25.1. The molecule has 1 fully saturated rings. The van der Waals surface area contributed by atoms with Crippen LogP contribution in [0.15, 0.2) is 24.3 Å². The van der Waals surface area contributed by atoms with Gasteiger partial charge in [0.15, 0.2) is 0 Å². The number of ether oxygens (including phenoxy) is 1. The molecule has 2 heterocycles. The van der Waals surface area contributed by atoms with Gasteiger partial charge in [0.25, 0.3) is 0 Å². The highest BCUT2D eigenvalue weighted by molar-refractivity contribution is 7.51. The summed E-state index contributed by atoms with van der Waals surface area (Å²) in [5, 5.41) is 11.7. The van der Waals surface area contributed by atoms with E-state index >= 15 is 0 Å². The van der Waals surface area contributed by atoms with Gasteiger partial charge < -0.3 is 15.4 Å². The molecular formula is C21H28N6O6S. The third kappa shape index (κ3) is 7.85. The Labute approximate surface area is 200 Å². The van der Waals surface area contributed by atoms with E-state index in [0.29, 0.717) is 0 Å². The van der Waals surface area contributed by atoms with Gasteiger partial charge in [-0.1, -0.05) is 24.3 Å². The van der Waals surface area contributed by atoms with Crippen LogP contribution in [0.3, 0.4) is 0 Å². The second-order valence-electron chi connectivity index (χ2n) is 7.62. The van der Waals surface area contributed by atoms with E-state index in [1.807, 2.05) is 12.1 Å². The van der Waals surface area contributed by atoms with E-state index in [1.54, 1.807) is 13.8 Å². The van der Waals surface area contributed by atoms with E-state index < -0.39 is 28.2 Å². The molecule has 1 aliphatic rings. The van der Waals surface area contributed by atoms with E-state index in [2.05, 4.69) is 27.0 Å². The highest BCUT2D eigenvalue weighted by Crippen LogP contribution is 2.32. The van der Waals surface area contributed by atoms with Crippen LogP contribution in [0.25, 0.3) is 0 Å². The van der Waals surface area contributed by atoms with Crippen molar-refractivity contribution in [3.63, 3.8) is 0 Å². The van der Waals surface area contributed by atoms with Gasteiger partial charge in [-0.05, 0) is 50.9 Å². The molecule has 0 bridgehead atoms. The number of nitrogen functional groups attached to an aromatic ring is 1. The Kier molecular flexibility index (Phi) is 10.5. The molecule has 1 aliphatic heterocycles. The molecule has 0 atom stereocenters. The van der Waals surface area contributed by atoms with Crippen molar-refractivity contribution in [2.24, 2.45) is 0 Å². The average Bonchev–Trinajstić information content (AvgIpc) is 3.26. The average molecular weight is 493 g/mol. The SMILES string of the molecule is CCOC(=O)CN(Cc1cccc(CN2CCCC2)c1)c1nc(C)nc(N)c1[N+](=O)[O-].O=S=O. The van der Waals surface area contributed by atoms with Crippen molar-refractivity contribution in [2.45, 2.75) is 39.8 Å². The van der Waals surface area contributed by atoms with Gasteiger partial charge in [0, 0.05) is 13.1 Å². The molecule has 1 aromatic heterocycles. The fourth-order valence-corrected chi connectivity index (χ4v) is 3.78. The van der Waals surface area contributed by atoms with Crippen LogP contribution in [-0.4, -0.2) is 60.4 Å². The molecule has 1 saturated heterocycles. The monoisotopic (exact) mass is 492 g/mol. The minimum absolute atomic E-state index is 0.00741. The zero-order valence-electron chi connectivity index (χ0n) is 19.1. The molecule has 184 valence electrons. The van der Waals surface area contributed by atoms with Crippen LogP contribution in [0.4, 0.5) is 17.3 Å². The van der Waals surface area contributed by atoms with Crippen LogP contribution < -0.4 is 10.6 Å². The van der Waals surface area contributed by atoms with Crippen molar-refractivity contribution in [2.75, 3.05) is 36.9 Å². The van der Waals surface area contributed by atoms with Gasteiger partial charge in [-0.3, -0.25) is 19.8 Å². The van der Waals surface area contributed by atoms with E-state index in [0.717, 1.165) is 30.8 Å². The van der Waals surface area contributed by atoms with E-state index in [-0.39, 0.29) is 37.2 Å². The van der Waals surface area contributed by atoms with E-state index in [1.165, 1.54) is 17.7 Å². The van der Waals surface area contributed by atoms with E-state index in [9.17, 15) is 14.9 Å². The molecule has 1 aromatic carbocycles. The maximum absolute atomic E-state index is 12.3. The van der Waals surface area contributed by atoms with Gasteiger partial charge >= 0.3 is 23.2 Å². The van der Waals surface area contributed by atoms with Gasteiger partial charge in [-0.2, -0.15) is 8.42 Å². The van der Waals surface area contributed by atoms with Crippen LogP contribution in [-0.2, 0) is 34.2 Å². The third-order valence-electron chi connectivity index (χ3n) is 5.08. The number of benzene rings is 1. The number of nitro groups is 1. The summed E-state index contributed by atoms with van der Waals surface area (Å²) in [6.45, 7) is 6.60. The summed E-state index contributed by atoms with van der Waals surface area (Å²) in [4.78, 5) is 35.4. The summed E-state index contributed by atoms with van der Waals surface area (Å²) in [6, 6.07) is 8.00. The molecule has 12 nitrogen and oxygen atoms in total. The van der Waals surface area contributed by atoms with Crippen LogP contribution in [0.1, 0.15) is 36.7 Å². The molecule has 0 radical (unpaired) electrons. The van der Waals surface area contributed by atoms with Crippen LogP contribution in [0.2, 0.25) is 0 Å². The smallest absolute Gasteiger partial charge is 0.353 e. The molecule has 0 amide bonds. The maximum atomic E-state index is 12.3. The molecule has 13 heteroatoms. The molecule has 2 N–H and O–H groups in total. The Bertz CT molecular complexity index is 1040. The summed E-state index contributed by atoms with van der Waals surface area (Å²) >= 11 is -0.750. The Morgan fingerprint density at radius 1 is 1.26 bits per heavy atom. The summed E-state index contributed by atoms with van der Waals surface area (Å²) in [6.07, 6.45) is 2.43. The fraction of sp³-hybridized carbons (Fsp3) is 0.476. The van der Waals surface area contributed by atoms with Gasteiger partial charge in [-0.15, -0.1) is 0 Å². The quantitative estimate of drug-likeness (QED) is 0.308. The zero-order valence-corrected chi connectivity index (χ0v) is 20.0. The predicted octanol–water partition coefficient (Wildman–Crippen LogP) is 1.77. The summed E-state index contributed by atoms with van der Waals surface area (Å²) < 4.78 is 21.7. The lowest BCUT2D eigenvalue weighted by Crippen LogP contribution is -2.32. The number of hydrogen-bond donors (Lipinski definition) is 1. The number of aryl methyl sites for hydroxylation is 1. The number of nitrogens with zero attached hydrogens (tertiary/aromatic N) is 5. The molecule has 3 rings (SSSR count). The molecule has 2 aromatic rings. The molecule has 0 saturated carbocycles. The van der Waals surface area contributed by atoms with Gasteiger partial charge in [0.05, 0.1) is 11.5 Å². The van der Waals surface area contributed by atoms with Crippen molar-refractivity contribution in [3.05, 3.63) is 51.3 Å². The summed E-state index contributed by atoms with van der Waals surface area (Å²) in [5.74, 6) is -0.438. The van der Waals surface area contributed by atoms with Crippen LogP contribution >= 0.6 is 0 Å². The number of carbonyl (C=O) groups excluding carboxylic acids is 1. The lowest BCUT2D eigenvalue weighted by Gasteiger charge is -2.23. The second-order valence-corrected chi connectivity index (χ2v) is 7.75. The lowest BCUT2D eigenvalue weighted by molar-refractivity contribution is -0.383. The number of anilines is 2. The number of rotatable bonds is 9. The molecule has 0 unspecified atom stereocenters. The first-order chi connectivity index (χ1) is 16.3. The number of esters is 1. The van der Waals surface area contributed by atoms with Crippen molar-refractivity contribution < 1.29 is 22.9 Å². The van der Waals surface area contributed by atoms with Gasteiger partial charge in [0.1, 0.15) is 12.4 Å². The van der Waals surface area contributed by atoms with Crippen molar-refractivity contribution in [1.29, 1.82) is 0 Å². The molecule has 0 aliphatic carbocycles. The Morgan fingerprint density at radius 3 is 2.53 bits per heavy atom. The third-order valence-corrected chi connectivity index (χ3v) is 5.08. The summed E-state index contributed by atoms with van der Waals surface area (Å²) in [5.41, 5.74) is 7.47. The number of likely N-dealkylation sites (tertiary alicyclic amines) is 1. The van der Waals surface area contributed by atoms with Gasteiger partial charge in [-0.25, -0.2) is 9.97 Å². The topological polar surface area (TPSA) is 162 Å². The Morgan fingerprint density at radius 2 is 1.91 bits per heavy atom. The van der Waals surface area contributed by atoms with Crippen molar-refractivity contribution in [1.82, 2.24) is 14.9 Å². The molecule has 0 spiro atoms. The number of aromatic nitrogens is 2. The predicted molar refractivity (Wildman–Crippen MR) is 125 cm³/mol. The van der Waals surface area contributed by atoms with Crippen molar-refractivity contribution >= 4 is 34.9 Å². The van der Waals surface area contributed by atoms with E-state index in [4.69, 9.17) is 18.9 Å².